The second kappa shape index (κ2) is 9.18. The van der Waals surface area contributed by atoms with E-state index in [0.717, 1.165) is 49.5 Å². The Morgan fingerprint density at radius 2 is 1.93 bits per heavy atom. The van der Waals surface area contributed by atoms with Crippen LogP contribution in [-0.4, -0.2) is 24.6 Å². The predicted octanol–water partition coefficient (Wildman–Crippen LogP) is 4.76. The van der Waals surface area contributed by atoms with E-state index in [4.69, 9.17) is 15.2 Å². The summed E-state index contributed by atoms with van der Waals surface area (Å²) in [5.41, 5.74) is 8.19. The minimum atomic E-state index is -0.247. The van der Waals surface area contributed by atoms with Gasteiger partial charge in [0.25, 0.3) is 0 Å². The number of rotatable bonds is 8. The highest BCUT2D eigenvalue weighted by molar-refractivity contribution is 8.13. The van der Waals surface area contributed by atoms with Crippen LogP contribution in [0.5, 0.6) is 11.5 Å². The van der Waals surface area contributed by atoms with Gasteiger partial charge < -0.3 is 15.2 Å². The number of methoxy groups -OCH3 is 1. The van der Waals surface area contributed by atoms with E-state index in [1.165, 1.54) is 11.1 Å². The van der Waals surface area contributed by atoms with E-state index >= 15 is 0 Å². The second-order valence-corrected chi connectivity index (χ2v) is 8.12. The summed E-state index contributed by atoms with van der Waals surface area (Å²) in [6.45, 7) is 2.87. The number of nitrogens with zero attached hydrogens (tertiary/aromatic N) is 1. The normalized spacial score (nSPS) is 19.4. The first-order valence-electron chi connectivity index (χ1n) is 9.43. The van der Waals surface area contributed by atoms with Gasteiger partial charge in [-0.2, -0.15) is 0 Å². The standard InChI is InChI=1S/C22H28N2O2S/c1-22(13-15-27-21(23)24-22)18-7-5-8-20(16-18)26-14-4-3-6-17-9-11-19(25-2)12-10-17/h5,7-12,16H,3-4,6,13-15H2,1-2H3,(H2,23,24). The highest BCUT2D eigenvalue weighted by Crippen LogP contribution is 2.36. The third-order valence-corrected chi connectivity index (χ3v) is 5.73. The second-order valence-electron chi connectivity index (χ2n) is 7.00. The summed E-state index contributed by atoms with van der Waals surface area (Å²) in [5, 5.41) is 0.675. The Morgan fingerprint density at radius 1 is 1.11 bits per heavy atom. The first kappa shape index (κ1) is 19.6. The number of benzene rings is 2. The molecule has 2 aromatic rings. The zero-order chi connectivity index (χ0) is 19.1. The number of nitrogens with two attached hydrogens (primary N) is 1. The molecule has 0 fully saturated rings. The molecule has 27 heavy (non-hydrogen) atoms. The molecule has 3 rings (SSSR count). The van der Waals surface area contributed by atoms with Crippen LogP contribution in [0.25, 0.3) is 0 Å². The lowest BCUT2D eigenvalue weighted by Gasteiger charge is -2.30. The van der Waals surface area contributed by atoms with E-state index in [0.29, 0.717) is 5.17 Å². The number of ether oxygens (including phenoxy) is 2. The highest BCUT2D eigenvalue weighted by atomic mass is 32.2. The molecule has 144 valence electrons. The summed E-state index contributed by atoms with van der Waals surface area (Å²) >= 11 is 1.63. The third kappa shape index (κ3) is 5.42. The van der Waals surface area contributed by atoms with Crippen LogP contribution in [0.1, 0.15) is 37.3 Å². The van der Waals surface area contributed by atoms with Gasteiger partial charge in [0.05, 0.1) is 19.3 Å². The van der Waals surface area contributed by atoms with Gasteiger partial charge in [-0.05, 0) is 68.0 Å². The molecule has 2 N–H and O–H groups in total. The molecular formula is C22H28N2O2S. The molecule has 0 aliphatic carbocycles. The van der Waals surface area contributed by atoms with Gasteiger partial charge in [0, 0.05) is 5.75 Å². The average Bonchev–Trinajstić information content (AvgIpc) is 2.68. The molecule has 1 unspecified atom stereocenters. The molecule has 0 bridgehead atoms. The summed E-state index contributed by atoms with van der Waals surface area (Å²) in [6, 6.07) is 16.5. The Kier molecular flexibility index (Phi) is 6.67. The topological polar surface area (TPSA) is 56.8 Å². The van der Waals surface area contributed by atoms with Crippen LogP contribution in [0.15, 0.2) is 53.5 Å². The number of aryl methyl sites for hydroxylation is 1. The van der Waals surface area contributed by atoms with Crippen LogP contribution in [0.4, 0.5) is 0 Å². The Balaban J connectivity index is 1.48. The highest BCUT2D eigenvalue weighted by Gasteiger charge is 2.29. The lowest BCUT2D eigenvalue weighted by atomic mass is 9.90. The van der Waals surface area contributed by atoms with E-state index in [2.05, 4.69) is 36.2 Å². The fourth-order valence-corrected chi connectivity index (χ4v) is 4.20. The van der Waals surface area contributed by atoms with Gasteiger partial charge in [0.1, 0.15) is 11.5 Å². The van der Waals surface area contributed by atoms with E-state index in [1.54, 1.807) is 18.9 Å². The summed E-state index contributed by atoms with van der Waals surface area (Å²) in [4.78, 5) is 4.67. The third-order valence-electron chi connectivity index (χ3n) is 4.94. The van der Waals surface area contributed by atoms with Crippen LogP contribution < -0.4 is 15.2 Å². The smallest absolute Gasteiger partial charge is 0.154 e. The van der Waals surface area contributed by atoms with Gasteiger partial charge in [0.15, 0.2) is 5.17 Å². The number of unbranched alkanes of at least 4 members (excludes halogenated alkanes) is 1. The van der Waals surface area contributed by atoms with E-state index in [-0.39, 0.29) is 5.54 Å². The number of amidine groups is 1. The Hall–Kier alpha value is -2.14. The molecule has 1 atom stereocenters. The molecule has 1 heterocycles. The van der Waals surface area contributed by atoms with Crippen molar-refractivity contribution in [1.82, 2.24) is 0 Å². The predicted molar refractivity (Wildman–Crippen MR) is 114 cm³/mol. The molecule has 5 heteroatoms. The number of thioether (sulfide) groups is 1. The monoisotopic (exact) mass is 384 g/mol. The Morgan fingerprint density at radius 3 is 2.67 bits per heavy atom. The molecule has 0 radical (unpaired) electrons. The van der Waals surface area contributed by atoms with E-state index < -0.39 is 0 Å². The Bertz CT molecular complexity index is 776. The van der Waals surface area contributed by atoms with E-state index in [1.807, 2.05) is 24.3 Å². The van der Waals surface area contributed by atoms with Crippen LogP contribution in [0.3, 0.4) is 0 Å². The summed E-state index contributed by atoms with van der Waals surface area (Å²) < 4.78 is 11.2. The molecule has 0 amide bonds. The lowest BCUT2D eigenvalue weighted by molar-refractivity contribution is 0.305. The molecule has 0 aromatic heterocycles. The van der Waals surface area contributed by atoms with Crippen molar-refractivity contribution in [1.29, 1.82) is 0 Å². The average molecular weight is 385 g/mol. The van der Waals surface area contributed by atoms with Crippen LogP contribution in [0, 0.1) is 0 Å². The van der Waals surface area contributed by atoms with Crippen molar-refractivity contribution in [3.05, 3.63) is 59.7 Å². The zero-order valence-corrected chi connectivity index (χ0v) is 16.9. The molecule has 0 spiro atoms. The van der Waals surface area contributed by atoms with Crippen molar-refractivity contribution in [3.8, 4) is 11.5 Å². The van der Waals surface area contributed by atoms with Crippen LogP contribution in [-0.2, 0) is 12.0 Å². The molecule has 0 saturated heterocycles. The van der Waals surface area contributed by atoms with E-state index in [9.17, 15) is 0 Å². The molecule has 4 nitrogen and oxygen atoms in total. The van der Waals surface area contributed by atoms with Gasteiger partial charge in [-0.25, -0.2) is 0 Å². The van der Waals surface area contributed by atoms with Crippen molar-refractivity contribution < 1.29 is 9.47 Å². The van der Waals surface area contributed by atoms with Crippen molar-refractivity contribution in [3.63, 3.8) is 0 Å². The fourth-order valence-electron chi connectivity index (χ4n) is 3.23. The lowest BCUT2D eigenvalue weighted by Crippen LogP contribution is -2.28. The summed E-state index contributed by atoms with van der Waals surface area (Å²) in [6.07, 6.45) is 4.16. The first-order chi connectivity index (χ1) is 13.1. The van der Waals surface area contributed by atoms with Gasteiger partial charge >= 0.3 is 0 Å². The fraction of sp³-hybridized carbons (Fsp3) is 0.409. The van der Waals surface area contributed by atoms with Crippen molar-refractivity contribution in [2.24, 2.45) is 10.7 Å². The summed E-state index contributed by atoms with van der Waals surface area (Å²) in [7, 11) is 1.69. The zero-order valence-electron chi connectivity index (χ0n) is 16.1. The molecular weight excluding hydrogens is 356 g/mol. The van der Waals surface area contributed by atoms with Crippen molar-refractivity contribution in [2.45, 2.75) is 38.1 Å². The van der Waals surface area contributed by atoms with Gasteiger partial charge in [-0.3, -0.25) is 4.99 Å². The van der Waals surface area contributed by atoms with Gasteiger partial charge in [0.2, 0.25) is 0 Å². The molecule has 1 aliphatic heterocycles. The van der Waals surface area contributed by atoms with Crippen LogP contribution >= 0.6 is 11.8 Å². The minimum Gasteiger partial charge on any atom is -0.497 e. The molecule has 0 saturated carbocycles. The quantitative estimate of drug-likeness (QED) is 0.667. The van der Waals surface area contributed by atoms with Crippen molar-refractivity contribution in [2.75, 3.05) is 19.5 Å². The minimum absolute atomic E-state index is 0.247. The largest absolute Gasteiger partial charge is 0.497 e. The van der Waals surface area contributed by atoms with Crippen molar-refractivity contribution >= 4 is 16.9 Å². The Labute approximate surface area is 166 Å². The number of hydrogen-bond acceptors (Lipinski definition) is 5. The van der Waals surface area contributed by atoms with Gasteiger partial charge in [-0.15, -0.1) is 0 Å². The van der Waals surface area contributed by atoms with Gasteiger partial charge in [-0.1, -0.05) is 36.0 Å². The first-order valence-corrected chi connectivity index (χ1v) is 10.4. The number of aliphatic imine (C=N–C) groups is 1. The van der Waals surface area contributed by atoms with Crippen LogP contribution in [0.2, 0.25) is 0 Å². The maximum absolute atomic E-state index is 5.98. The maximum atomic E-state index is 5.98. The molecule has 1 aliphatic rings. The summed E-state index contributed by atoms with van der Waals surface area (Å²) in [5.74, 6) is 2.81. The molecule has 2 aromatic carbocycles. The maximum Gasteiger partial charge on any atom is 0.154 e. The number of hydrogen-bond donors (Lipinski definition) is 1. The SMILES string of the molecule is COc1ccc(CCCCOc2cccc(C3(C)CCSC(N)=N3)c2)cc1.